The minimum absolute atomic E-state index is 0.0403. The van der Waals surface area contributed by atoms with E-state index in [4.69, 9.17) is 0 Å². The van der Waals surface area contributed by atoms with Crippen molar-refractivity contribution in [3.63, 3.8) is 0 Å². The van der Waals surface area contributed by atoms with E-state index >= 15 is 0 Å². The summed E-state index contributed by atoms with van der Waals surface area (Å²) in [6.07, 6.45) is 5.53. The van der Waals surface area contributed by atoms with E-state index in [1.54, 1.807) is 17.0 Å². The van der Waals surface area contributed by atoms with Crippen LogP contribution < -0.4 is 10.9 Å². The van der Waals surface area contributed by atoms with Crippen molar-refractivity contribution in [2.24, 2.45) is 11.8 Å². The van der Waals surface area contributed by atoms with Gasteiger partial charge in [0.15, 0.2) is 0 Å². The molecule has 38 heavy (non-hydrogen) atoms. The Balaban J connectivity index is 1.36. The maximum atomic E-state index is 12.7. The second kappa shape index (κ2) is 12.7. The van der Waals surface area contributed by atoms with Gasteiger partial charge in [-0.15, -0.1) is 0 Å². The number of aromatic nitrogens is 2. The highest BCUT2D eigenvalue weighted by Crippen LogP contribution is 2.38. The van der Waals surface area contributed by atoms with E-state index in [1.165, 1.54) is 0 Å². The topological polar surface area (TPSA) is 104 Å². The van der Waals surface area contributed by atoms with Crippen LogP contribution in [0.1, 0.15) is 70.3 Å². The quantitative estimate of drug-likeness (QED) is 0.429. The summed E-state index contributed by atoms with van der Waals surface area (Å²) >= 11 is 0. The van der Waals surface area contributed by atoms with Crippen LogP contribution in [-0.4, -0.2) is 43.9 Å². The average Bonchev–Trinajstić information content (AvgIpc) is 2.89. The Labute approximate surface area is 224 Å². The highest BCUT2D eigenvalue weighted by atomic mass is 16.3. The third kappa shape index (κ3) is 7.29. The normalized spacial score (nSPS) is 26.6. The molecule has 0 radical (unpaired) electrons. The molecule has 204 valence electrons. The molecule has 7 nitrogen and oxygen atoms in total. The number of aliphatic hydroxyl groups excluding tert-OH is 1. The van der Waals surface area contributed by atoms with Gasteiger partial charge in [-0.05, 0) is 68.6 Å². The summed E-state index contributed by atoms with van der Waals surface area (Å²) in [7, 11) is 0. The number of carbonyl (C=O) groups is 1. The van der Waals surface area contributed by atoms with Crippen LogP contribution in [0.15, 0.2) is 65.7 Å². The Bertz CT molecular complexity index is 1260. The fourth-order valence-electron chi connectivity index (χ4n) is 5.85. The van der Waals surface area contributed by atoms with E-state index in [9.17, 15) is 19.8 Å². The van der Waals surface area contributed by atoms with Gasteiger partial charge in [0, 0.05) is 25.4 Å². The molecule has 1 heterocycles. The van der Waals surface area contributed by atoms with E-state index in [-0.39, 0.29) is 23.3 Å². The van der Waals surface area contributed by atoms with E-state index in [2.05, 4.69) is 29.4 Å². The van der Waals surface area contributed by atoms with Crippen LogP contribution in [-0.2, 0) is 11.3 Å². The maximum Gasteiger partial charge on any atom is 0.261 e. The maximum absolute atomic E-state index is 12.7. The summed E-state index contributed by atoms with van der Waals surface area (Å²) in [5.41, 5.74) is 0.707. The molecule has 5 atom stereocenters. The molecule has 3 N–H and O–H groups in total. The largest absolute Gasteiger partial charge is 0.393 e. The third-order valence-corrected chi connectivity index (χ3v) is 8.13. The number of para-hydroxylation sites is 1. The van der Waals surface area contributed by atoms with Crippen molar-refractivity contribution in [2.75, 3.05) is 6.54 Å². The van der Waals surface area contributed by atoms with Crippen LogP contribution in [0.25, 0.3) is 10.9 Å². The van der Waals surface area contributed by atoms with Gasteiger partial charge in [-0.25, -0.2) is 4.98 Å². The van der Waals surface area contributed by atoms with E-state index in [0.29, 0.717) is 55.6 Å². The van der Waals surface area contributed by atoms with Crippen molar-refractivity contribution in [3.05, 3.63) is 76.8 Å². The molecule has 0 unspecified atom stereocenters. The van der Waals surface area contributed by atoms with Crippen molar-refractivity contribution in [3.8, 4) is 0 Å². The van der Waals surface area contributed by atoms with Crippen LogP contribution in [0.2, 0.25) is 0 Å². The lowest BCUT2D eigenvalue weighted by Crippen LogP contribution is -2.44. The van der Waals surface area contributed by atoms with Crippen molar-refractivity contribution in [1.82, 2.24) is 14.9 Å². The third-order valence-electron chi connectivity index (χ3n) is 8.13. The molecule has 1 fully saturated rings. The molecule has 3 aromatic rings. The number of hydrogen-bond acceptors (Lipinski definition) is 5. The van der Waals surface area contributed by atoms with Crippen molar-refractivity contribution >= 4 is 16.8 Å². The monoisotopic (exact) mass is 519 g/mol. The standard InChI is InChI=1S/C31H41N3O4/c1-22-14-15-25(31(2,38)19-24(18-26(35)17-22)23-9-4-3-5-10-23)20-32-29(36)13-8-16-34-21-33-28-12-7-6-11-27(28)30(34)37/h3-7,9-12,21-22,24-26,35,38H,8,13-20H2,1-2H3,(H,32,36)/t22-,24-,25+,26+,31-/m1/s1. The van der Waals surface area contributed by atoms with E-state index < -0.39 is 11.7 Å². The van der Waals surface area contributed by atoms with Gasteiger partial charge in [0.25, 0.3) is 5.56 Å². The summed E-state index contributed by atoms with van der Waals surface area (Å²) in [5.74, 6) is 0.200. The number of fused-ring (bicyclic) bond motifs is 1. The number of amides is 1. The molecular weight excluding hydrogens is 478 g/mol. The van der Waals surface area contributed by atoms with Crippen LogP contribution in [0.5, 0.6) is 0 Å². The molecule has 1 aromatic heterocycles. The van der Waals surface area contributed by atoms with Gasteiger partial charge in [-0.3, -0.25) is 14.2 Å². The van der Waals surface area contributed by atoms with Crippen molar-refractivity contribution < 1.29 is 15.0 Å². The first-order valence-electron chi connectivity index (χ1n) is 13.9. The van der Waals surface area contributed by atoms with Gasteiger partial charge in [-0.2, -0.15) is 0 Å². The second-order valence-corrected chi connectivity index (χ2v) is 11.3. The molecule has 1 aliphatic rings. The predicted octanol–water partition coefficient (Wildman–Crippen LogP) is 4.41. The summed E-state index contributed by atoms with van der Waals surface area (Å²) in [4.78, 5) is 29.7. The molecule has 0 aliphatic heterocycles. The Morgan fingerprint density at radius 2 is 1.84 bits per heavy atom. The minimum atomic E-state index is -0.991. The van der Waals surface area contributed by atoms with Gasteiger partial charge in [0.2, 0.25) is 5.91 Å². The highest BCUT2D eigenvalue weighted by molar-refractivity contribution is 5.77. The highest BCUT2D eigenvalue weighted by Gasteiger charge is 2.36. The Hall–Kier alpha value is -3.03. The SMILES string of the molecule is C[C@@H]1CC[C@@H](CNC(=O)CCCn2cnc3ccccc3c2=O)[C@](C)(O)C[C@H](c2ccccc2)C[C@@H](O)C1. The summed E-state index contributed by atoms with van der Waals surface area (Å²) in [6.45, 7) is 4.85. The zero-order valence-corrected chi connectivity index (χ0v) is 22.6. The van der Waals surface area contributed by atoms with Crippen molar-refractivity contribution in [1.29, 1.82) is 0 Å². The Morgan fingerprint density at radius 3 is 2.63 bits per heavy atom. The summed E-state index contributed by atoms with van der Waals surface area (Å²) < 4.78 is 1.56. The molecule has 4 rings (SSSR count). The molecule has 0 bridgehead atoms. The molecule has 1 saturated carbocycles. The summed E-state index contributed by atoms with van der Waals surface area (Å²) in [5, 5.41) is 26.0. The first-order valence-corrected chi connectivity index (χ1v) is 13.9. The fourth-order valence-corrected chi connectivity index (χ4v) is 5.85. The molecule has 0 spiro atoms. The molecule has 1 aliphatic carbocycles. The van der Waals surface area contributed by atoms with Crippen LogP contribution in [0.4, 0.5) is 0 Å². The van der Waals surface area contributed by atoms with Crippen LogP contribution >= 0.6 is 0 Å². The fraction of sp³-hybridized carbons (Fsp3) is 0.516. The zero-order valence-electron chi connectivity index (χ0n) is 22.6. The lowest BCUT2D eigenvalue weighted by molar-refractivity contribution is -0.122. The van der Waals surface area contributed by atoms with E-state index in [1.807, 2.05) is 43.3 Å². The Morgan fingerprint density at radius 1 is 1.11 bits per heavy atom. The second-order valence-electron chi connectivity index (χ2n) is 11.3. The molecular formula is C31H41N3O4. The Kier molecular flexibility index (Phi) is 9.34. The van der Waals surface area contributed by atoms with Crippen LogP contribution in [0, 0.1) is 11.8 Å². The van der Waals surface area contributed by atoms with Gasteiger partial charge in [0.05, 0.1) is 28.9 Å². The number of nitrogens with zero attached hydrogens (tertiary/aromatic N) is 2. The number of nitrogens with one attached hydrogen (secondary N) is 1. The lowest BCUT2D eigenvalue weighted by Gasteiger charge is -2.38. The number of rotatable bonds is 7. The number of aryl methyl sites for hydroxylation is 1. The molecule has 7 heteroatoms. The molecule has 2 aromatic carbocycles. The van der Waals surface area contributed by atoms with Crippen molar-refractivity contribution in [2.45, 2.75) is 83.0 Å². The van der Waals surface area contributed by atoms with Gasteiger partial charge < -0.3 is 15.5 Å². The minimum Gasteiger partial charge on any atom is -0.393 e. The number of benzene rings is 2. The first kappa shape index (κ1) is 28.0. The van der Waals surface area contributed by atoms with Gasteiger partial charge >= 0.3 is 0 Å². The summed E-state index contributed by atoms with van der Waals surface area (Å²) in [6, 6.07) is 17.4. The lowest BCUT2D eigenvalue weighted by atomic mass is 9.73. The number of carbonyl (C=O) groups excluding carboxylic acids is 1. The van der Waals surface area contributed by atoms with E-state index in [0.717, 1.165) is 24.8 Å². The van der Waals surface area contributed by atoms with Gasteiger partial charge in [-0.1, -0.05) is 55.8 Å². The average molecular weight is 520 g/mol. The zero-order chi connectivity index (χ0) is 27.1. The first-order chi connectivity index (χ1) is 18.2. The van der Waals surface area contributed by atoms with Gasteiger partial charge in [0.1, 0.15) is 0 Å². The number of hydrogen-bond donors (Lipinski definition) is 3. The molecule has 1 amide bonds. The predicted molar refractivity (Wildman–Crippen MR) is 150 cm³/mol. The smallest absolute Gasteiger partial charge is 0.261 e. The van der Waals surface area contributed by atoms with Crippen LogP contribution in [0.3, 0.4) is 0 Å². The molecule has 0 saturated heterocycles. The number of aliphatic hydroxyl groups is 2.